The van der Waals surface area contributed by atoms with Gasteiger partial charge >= 0.3 is 0 Å². The zero-order valence-electron chi connectivity index (χ0n) is 7.01. The van der Waals surface area contributed by atoms with Gasteiger partial charge in [-0.2, -0.15) is 5.16 Å². The van der Waals surface area contributed by atoms with Crippen molar-refractivity contribution in [2.75, 3.05) is 17.3 Å². The lowest BCUT2D eigenvalue weighted by molar-refractivity contribution is 0.949. The molecule has 0 spiro atoms. The Kier molecular flexibility index (Phi) is 8.36. The molecule has 1 fully saturated rings. The van der Waals surface area contributed by atoms with Gasteiger partial charge in [0.1, 0.15) is 17.3 Å². The van der Waals surface area contributed by atoms with Gasteiger partial charge in [-0.15, -0.1) is 0 Å². The molecular weight excluding hydrogens is 174 g/mol. The van der Waals surface area contributed by atoms with Gasteiger partial charge < -0.3 is 5.41 Å². The molecule has 0 amide bonds. The second-order valence-electron chi connectivity index (χ2n) is 2.52. The predicted molar refractivity (Wildman–Crippen MR) is 57.4 cm³/mol. The zero-order chi connectivity index (χ0) is 8.53. The van der Waals surface area contributed by atoms with E-state index in [0.717, 1.165) is 10.9 Å². The van der Waals surface area contributed by atoms with Crippen molar-refractivity contribution in [3.63, 3.8) is 0 Å². The summed E-state index contributed by atoms with van der Waals surface area (Å²) in [5.74, 6) is 4.61. The van der Waals surface area contributed by atoms with Gasteiger partial charge in [0, 0.05) is 0 Å². The van der Waals surface area contributed by atoms with Crippen molar-refractivity contribution in [2.45, 2.75) is 26.2 Å². The summed E-state index contributed by atoms with van der Waals surface area (Å²) >= 11 is 3.70. The van der Waals surface area contributed by atoms with Crippen molar-refractivity contribution in [1.82, 2.24) is 0 Å². The maximum atomic E-state index is 7.13. The highest BCUT2D eigenvalue weighted by molar-refractivity contribution is 7.97. The van der Waals surface area contributed by atoms with E-state index in [9.17, 15) is 0 Å². The number of rotatable bonds is 2. The van der Waals surface area contributed by atoms with E-state index in [2.05, 4.69) is 19.1 Å². The second-order valence-corrected chi connectivity index (χ2v) is 5.16. The van der Waals surface area contributed by atoms with Gasteiger partial charge in [0.25, 0.3) is 0 Å². The fourth-order valence-corrected chi connectivity index (χ4v) is 3.62. The van der Waals surface area contributed by atoms with E-state index < -0.39 is 0 Å². The molecule has 11 heavy (non-hydrogen) atoms. The average Bonchev–Trinajstić information content (AvgIpc) is 2.42. The van der Waals surface area contributed by atoms with Crippen LogP contribution in [0.4, 0.5) is 0 Å². The number of nitrogens with zero attached hydrogens (tertiary/aromatic N) is 1. The molecule has 1 aliphatic heterocycles. The molecule has 0 saturated carbocycles. The summed E-state index contributed by atoms with van der Waals surface area (Å²) in [6.45, 7) is 2.30. The standard InChI is InChI=1S/C7H15S.CNS/c1-2-5-8-6-3-4-7-8;2-1-3/h2-7H2,1H3;/q+1;-1. The molecule has 0 aromatic carbocycles. The molecule has 1 saturated heterocycles. The Morgan fingerprint density at radius 1 is 1.45 bits per heavy atom. The van der Waals surface area contributed by atoms with Crippen LogP contribution in [0.3, 0.4) is 0 Å². The summed E-state index contributed by atoms with van der Waals surface area (Å²) in [5.41, 5.74) is 0. The smallest absolute Gasteiger partial charge is 0.108 e. The molecule has 64 valence electrons. The van der Waals surface area contributed by atoms with Crippen molar-refractivity contribution >= 4 is 28.3 Å². The first kappa shape index (κ1) is 11.2. The molecule has 0 aromatic rings. The number of hydrogen-bond acceptors (Lipinski definition) is 1. The van der Waals surface area contributed by atoms with E-state index in [4.69, 9.17) is 5.41 Å². The zero-order valence-corrected chi connectivity index (χ0v) is 8.64. The molecule has 1 rings (SSSR count). The lowest BCUT2D eigenvalue weighted by Crippen LogP contribution is -2.06. The molecule has 1 aliphatic rings. The molecule has 0 aromatic heterocycles. The largest absolute Gasteiger partial charge is 0.753 e. The van der Waals surface area contributed by atoms with E-state index in [1.807, 2.05) is 0 Å². The highest BCUT2D eigenvalue weighted by Crippen LogP contribution is 2.13. The first-order chi connectivity index (χ1) is 5.35. The maximum Gasteiger partial charge on any atom is 0.108 e. The van der Waals surface area contributed by atoms with E-state index in [-0.39, 0.29) is 0 Å². The first-order valence-corrected chi connectivity index (χ1v) is 6.14. The molecule has 0 atom stereocenters. The van der Waals surface area contributed by atoms with Gasteiger partial charge in [0.2, 0.25) is 0 Å². The first-order valence-electron chi connectivity index (χ1n) is 4.00. The van der Waals surface area contributed by atoms with Crippen LogP contribution in [0.25, 0.3) is 5.41 Å². The minimum Gasteiger partial charge on any atom is -0.753 e. The predicted octanol–water partition coefficient (Wildman–Crippen LogP) is 2.47. The van der Waals surface area contributed by atoms with E-state index in [1.54, 1.807) is 11.5 Å². The van der Waals surface area contributed by atoms with Crippen molar-refractivity contribution < 1.29 is 0 Å². The normalized spacial score (nSPS) is 16.8. The van der Waals surface area contributed by atoms with Gasteiger partial charge in [-0.1, -0.05) is 19.1 Å². The Hall–Kier alpha value is 0.150. The monoisotopic (exact) mass is 189 g/mol. The molecule has 0 aliphatic carbocycles. The third kappa shape index (κ3) is 6.54. The third-order valence-corrected chi connectivity index (χ3v) is 4.33. The molecule has 3 heteroatoms. The van der Waals surface area contributed by atoms with Crippen LogP contribution in [0.1, 0.15) is 26.2 Å². The van der Waals surface area contributed by atoms with Crippen molar-refractivity contribution in [3.05, 3.63) is 5.41 Å². The van der Waals surface area contributed by atoms with E-state index in [0.29, 0.717) is 0 Å². The van der Waals surface area contributed by atoms with Crippen LogP contribution < -0.4 is 0 Å². The average molecular weight is 189 g/mol. The fraction of sp³-hybridized carbons (Fsp3) is 0.875. The molecule has 0 bridgehead atoms. The molecule has 0 radical (unpaired) electrons. The van der Waals surface area contributed by atoms with Gasteiger partial charge in [0.05, 0.1) is 0 Å². The molecular formula is C8H15NS2. The minimum absolute atomic E-state index is 0.873. The lowest BCUT2D eigenvalue weighted by Gasteiger charge is -1.94. The van der Waals surface area contributed by atoms with Crippen molar-refractivity contribution in [2.24, 2.45) is 0 Å². The van der Waals surface area contributed by atoms with Gasteiger partial charge in [-0.05, 0) is 30.2 Å². The van der Waals surface area contributed by atoms with E-state index >= 15 is 0 Å². The third-order valence-electron chi connectivity index (χ3n) is 1.61. The van der Waals surface area contributed by atoms with Crippen LogP contribution >= 0.6 is 12.2 Å². The van der Waals surface area contributed by atoms with Crippen LogP contribution in [-0.4, -0.2) is 22.4 Å². The van der Waals surface area contributed by atoms with Crippen LogP contribution in [-0.2, 0) is 10.9 Å². The fourth-order valence-electron chi connectivity index (χ4n) is 1.21. The lowest BCUT2D eigenvalue weighted by atomic mass is 10.4. The Balaban J connectivity index is 0.000000292. The molecule has 1 nitrogen and oxygen atoms in total. The highest BCUT2D eigenvalue weighted by Gasteiger charge is 2.21. The summed E-state index contributed by atoms with van der Waals surface area (Å²) in [5, 5.41) is 8.47. The molecule has 0 N–H and O–H groups in total. The van der Waals surface area contributed by atoms with E-state index in [1.165, 1.54) is 30.2 Å². The minimum atomic E-state index is 0.873. The van der Waals surface area contributed by atoms with Crippen LogP contribution in [0.15, 0.2) is 0 Å². The summed E-state index contributed by atoms with van der Waals surface area (Å²) < 4.78 is 0. The topological polar surface area (TPSA) is 22.3 Å². The SMILES string of the molecule is CCC[S+]1CCCC1.[N-]=C=S. The number of hydrogen-bond donors (Lipinski definition) is 0. The van der Waals surface area contributed by atoms with Gasteiger partial charge in [-0.3, -0.25) is 0 Å². The number of isothiocyanates is 1. The molecule has 1 heterocycles. The van der Waals surface area contributed by atoms with Gasteiger partial charge in [-0.25, -0.2) is 0 Å². The Morgan fingerprint density at radius 3 is 2.27 bits per heavy atom. The van der Waals surface area contributed by atoms with Crippen LogP contribution in [0.5, 0.6) is 0 Å². The Labute approximate surface area is 77.4 Å². The molecule has 0 unspecified atom stereocenters. The highest BCUT2D eigenvalue weighted by atomic mass is 32.2. The maximum absolute atomic E-state index is 7.13. The van der Waals surface area contributed by atoms with Crippen molar-refractivity contribution in [1.29, 1.82) is 0 Å². The summed E-state index contributed by atoms with van der Waals surface area (Å²) in [4.78, 5) is 0. The Morgan fingerprint density at radius 2 is 1.91 bits per heavy atom. The summed E-state index contributed by atoms with van der Waals surface area (Å²) in [6.07, 6.45) is 4.44. The van der Waals surface area contributed by atoms with Crippen LogP contribution in [0.2, 0.25) is 0 Å². The van der Waals surface area contributed by atoms with Crippen molar-refractivity contribution in [3.8, 4) is 0 Å². The van der Waals surface area contributed by atoms with Gasteiger partial charge in [0.15, 0.2) is 0 Å². The summed E-state index contributed by atoms with van der Waals surface area (Å²) in [6, 6.07) is 0. The quantitative estimate of drug-likeness (QED) is 0.372. The summed E-state index contributed by atoms with van der Waals surface area (Å²) in [7, 11) is 0.873. The number of thiocarbonyl (C=S) groups is 1. The van der Waals surface area contributed by atoms with Crippen LogP contribution in [0, 0.1) is 0 Å². The Bertz CT molecular complexity index is 113. The second kappa shape index (κ2) is 8.25.